The van der Waals surface area contributed by atoms with Gasteiger partial charge in [-0.15, -0.1) is 11.6 Å². The summed E-state index contributed by atoms with van der Waals surface area (Å²) in [7, 11) is 0. The number of benzene rings is 1. The topological polar surface area (TPSA) is 29.1 Å². The van der Waals surface area contributed by atoms with E-state index >= 15 is 0 Å². The van der Waals surface area contributed by atoms with Crippen LogP contribution in [0.3, 0.4) is 0 Å². The van der Waals surface area contributed by atoms with E-state index in [1.165, 1.54) is 12.8 Å². The average Bonchev–Trinajstić information content (AvgIpc) is 3.20. The highest BCUT2D eigenvalue weighted by Gasteiger charge is 2.33. The van der Waals surface area contributed by atoms with Gasteiger partial charge in [-0.3, -0.25) is 4.79 Å². The Morgan fingerprint density at radius 3 is 2.59 bits per heavy atom. The fraction of sp³-hybridized carbons (Fsp3) is 0.500. The molecule has 1 aromatic rings. The molecule has 17 heavy (non-hydrogen) atoms. The first-order chi connectivity index (χ1) is 8.22. The van der Waals surface area contributed by atoms with Gasteiger partial charge in [0.25, 0.3) is 0 Å². The zero-order valence-corrected chi connectivity index (χ0v) is 10.8. The van der Waals surface area contributed by atoms with Crippen LogP contribution >= 0.6 is 11.6 Å². The van der Waals surface area contributed by atoms with Crippen molar-refractivity contribution in [2.24, 2.45) is 11.8 Å². The molecule has 1 amide bonds. The van der Waals surface area contributed by atoms with Crippen LogP contribution in [-0.4, -0.2) is 11.8 Å². The molecule has 2 rings (SSSR count). The van der Waals surface area contributed by atoms with Crippen LogP contribution in [-0.2, 0) is 4.79 Å². The summed E-state index contributed by atoms with van der Waals surface area (Å²) < 4.78 is 0. The zero-order valence-electron chi connectivity index (χ0n) is 10.0. The minimum atomic E-state index is -0.0773. The van der Waals surface area contributed by atoms with Gasteiger partial charge in [-0.2, -0.15) is 0 Å². The zero-order chi connectivity index (χ0) is 12.3. The van der Waals surface area contributed by atoms with Crippen LogP contribution < -0.4 is 5.32 Å². The number of hydrogen-bond acceptors (Lipinski definition) is 1. The Morgan fingerprint density at radius 1 is 1.41 bits per heavy atom. The van der Waals surface area contributed by atoms with Crippen molar-refractivity contribution < 1.29 is 4.79 Å². The van der Waals surface area contributed by atoms with Gasteiger partial charge >= 0.3 is 0 Å². The van der Waals surface area contributed by atoms with Crippen LogP contribution in [0.1, 0.15) is 31.4 Å². The smallest absolute Gasteiger partial charge is 0.223 e. The van der Waals surface area contributed by atoms with Crippen molar-refractivity contribution in [3.05, 3.63) is 35.9 Å². The van der Waals surface area contributed by atoms with Crippen LogP contribution in [0.25, 0.3) is 0 Å². The largest absolute Gasteiger partial charge is 0.348 e. The van der Waals surface area contributed by atoms with Gasteiger partial charge in [0.15, 0.2) is 0 Å². The first-order valence-electron chi connectivity index (χ1n) is 6.13. The van der Waals surface area contributed by atoms with E-state index in [2.05, 4.69) is 5.32 Å². The van der Waals surface area contributed by atoms with E-state index < -0.39 is 0 Å². The lowest BCUT2D eigenvalue weighted by Gasteiger charge is -2.19. The number of carbonyl (C=O) groups excluding carboxylic acids is 1. The second-order valence-electron chi connectivity index (χ2n) is 4.75. The highest BCUT2D eigenvalue weighted by atomic mass is 35.5. The second-order valence-corrected chi connectivity index (χ2v) is 5.06. The molecule has 92 valence electrons. The SMILES string of the molecule is CC(C(=O)NC(CCl)c1ccccc1)C1CC1. The van der Waals surface area contributed by atoms with Gasteiger partial charge in [0.1, 0.15) is 0 Å². The van der Waals surface area contributed by atoms with Crippen molar-refractivity contribution in [2.75, 3.05) is 5.88 Å². The van der Waals surface area contributed by atoms with Crippen LogP contribution in [0.4, 0.5) is 0 Å². The van der Waals surface area contributed by atoms with E-state index in [1.807, 2.05) is 37.3 Å². The summed E-state index contributed by atoms with van der Waals surface area (Å²) in [6, 6.07) is 9.80. The van der Waals surface area contributed by atoms with Gasteiger partial charge < -0.3 is 5.32 Å². The Labute approximate surface area is 107 Å². The monoisotopic (exact) mass is 251 g/mol. The molecule has 0 bridgehead atoms. The number of halogens is 1. The van der Waals surface area contributed by atoms with Crippen molar-refractivity contribution in [1.29, 1.82) is 0 Å². The maximum Gasteiger partial charge on any atom is 0.223 e. The molecule has 1 aliphatic rings. The number of alkyl halides is 1. The van der Waals surface area contributed by atoms with Crippen LogP contribution in [0.15, 0.2) is 30.3 Å². The normalized spacial score (nSPS) is 18.5. The summed E-state index contributed by atoms with van der Waals surface area (Å²) in [5.41, 5.74) is 1.07. The van der Waals surface area contributed by atoms with Crippen LogP contribution in [0, 0.1) is 11.8 Å². The van der Waals surface area contributed by atoms with Gasteiger partial charge in [-0.05, 0) is 24.3 Å². The average molecular weight is 252 g/mol. The van der Waals surface area contributed by atoms with E-state index in [-0.39, 0.29) is 17.9 Å². The number of nitrogens with one attached hydrogen (secondary N) is 1. The van der Waals surface area contributed by atoms with Crippen molar-refractivity contribution in [1.82, 2.24) is 5.32 Å². The first-order valence-corrected chi connectivity index (χ1v) is 6.67. The fourth-order valence-electron chi connectivity index (χ4n) is 2.01. The first kappa shape index (κ1) is 12.4. The molecule has 0 aliphatic heterocycles. The minimum absolute atomic E-state index is 0.0773. The molecule has 1 N–H and O–H groups in total. The molecule has 1 aliphatic carbocycles. The molecule has 2 unspecified atom stereocenters. The van der Waals surface area contributed by atoms with Gasteiger partial charge in [0.2, 0.25) is 5.91 Å². The summed E-state index contributed by atoms with van der Waals surface area (Å²) in [5.74, 6) is 1.24. The Kier molecular flexibility index (Phi) is 4.06. The van der Waals surface area contributed by atoms with Gasteiger partial charge in [-0.25, -0.2) is 0 Å². The van der Waals surface area contributed by atoms with Crippen molar-refractivity contribution in [2.45, 2.75) is 25.8 Å². The molecule has 0 aromatic heterocycles. The highest BCUT2D eigenvalue weighted by Crippen LogP contribution is 2.36. The van der Waals surface area contributed by atoms with Gasteiger partial charge in [0.05, 0.1) is 6.04 Å². The summed E-state index contributed by atoms with van der Waals surface area (Å²) in [4.78, 5) is 12.0. The molecular formula is C14H18ClNO. The Morgan fingerprint density at radius 2 is 2.06 bits per heavy atom. The third kappa shape index (κ3) is 3.22. The summed E-state index contributed by atoms with van der Waals surface area (Å²) in [6.07, 6.45) is 2.37. The summed E-state index contributed by atoms with van der Waals surface area (Å²) in [6.45, 7) is 2.00. The molecule has 1 aromatic carbocycles. The number of rotatable bonds is 5. The van der Waals surface area contributed by atoms with E-state index in [0.29, 0.717) is 11.8 Å². The molecule has 0 heterocycles. The molecule has 0 radical (unpaired) electrons. The molecular weight excluding hydrogens is 234 g/mol. The Bertz CT molecular complexity index is 375. The lowest BCUT2D eigenvalue weighted by molar-refractivity contribution is -0.125. The molecule has 1 saturated carbocycles. The number of carbonyl (C=O) groups is 1. The molecule has 1 fully saturated rings. The van der Waals surface area contributed by atoms with Crippen LogP contribution in [0.2, 0.25) is 0 Å². The third-order valence-electron chi connectivity index (χ3n) is 3.42. The van der Waals surface area contributed by atoms with Crippen molar-refractivity contribution in [3.8, 4) is 0 Å². The lowest BCUT2D eigenvalue weighted by Crippen LogP contribution is -2.34. The van der Waals surface area contributed by atoms with E-state index in [0.717, 1.165) is 5.56 Å². The highest BCUT2D eigenvalue weighted by molar-refractivity contribution is 6.18. The van der Waals surface area contributed by atoms with Gasteiger partial charge in [-0.1, -0.05) is 37.3 Å². The van der Waals surface area contributed by atoms with E-state index in [9.17, 15) is 4.79 Å². The predicted octanol–water partition coefficient (Wildman–Crippen LogP) is 3.13. The molecule has 2 atom stereocenters. The molecule has 2 nitrogen and oxygen atoms in total. The standard InChI is InChI=1S/C14H18ClNO/c1-10(11-7-8-11)14(17)16-13(9-15)12-5-3-2-4-6-12/h2-6,10-11,13H,7-9H2,1H3,(H,16,17). The maximum atomic E-state index is 12.0. The quantitative estimate of drug-likeness (QED) is 0.801. The molecule has 3 heteroatoms. The third-order valence-corrected chi connectivity index (χ3v) is 3.72. The van der Waals surface area contributed by atoms with Crippen molar-refractivity contribution >= 4 is 17.5 Å². The Balaban J connectivity index is 1.97. The molecule has 0 spiro atoms. The number of amides is 1. The summed E-state index contributed by atoms with van der Waals surface area (Å²) >= 11 is 5.93. The predicted molar refractivity (Wildman–Crippen MR) is 69.9 cm³/mol. The molecule has 0 saturated heterocycles. The summed E-state index contributed by atoms with van der Waals surface area (Å²) in [5, 5.41) is 3.03. The van der Waals surface area contributed by atoms with E-state index in [4.69, 9.17) is 11.6 Å². The second kappa shape index (κ2) is 5.54. The van der Waals surface area contributed by atoms with Crippen LogP contribution in [0.5, 0.6) is 0 Å². The lowest BCUT2D eigenvalue weighted by atomic mass is 10.0. The fourth-order valence-corrected chi connectivity index (χ4v) is 2.27. The number of hydrogen-bond donors (Lipinski definition) is 1. The maximum absolute atomic E-state index is 12.0. The minimum Gasteiger partial charge on any atom is -0.348 e. The van der Waals surface area contributed by atoms with Gasteiger partial charge in [0, 0.05) is 11.8 Å². The van der Waals surface area contributed by atoms with Crippen molar-refractivity contribution in [3.63, 3.8) is 0 Å². The van der Waals surface area contributed by atoms with E-state index in [1.54, 1.807) is 0 Å². The Hall–Kier alpha value is -1.02.